The zero-order chi connectivity index (χ0) is 10.7. The first-order valence-corrected chi connectivity index (χ1v) is 5.23. The maximum absolute atomic E-state index is 4.05. The van der Waals surface area contributed by atoms with Crippen LogP contribution in [0, 0.1) is 6.92 Å². The summed E-state index contributed by atoms with van der Waals surface area (Å²) in [7, 11) is 0. The molecule has 2 heteroatoms. The van der Waals surface area contributed by atoms with Gasteiger partial charge in [-0.2, -0.15) is 5.10 Å². The molecule has 2 nitrogen and oxygen atoms in total. The first-order valence-electron chi connectivity index (χ1n) is 5.23. The number of hydrogen-bond donors (Lipinski definition) is 0. The van der Waals surface area contributed by atoms with Gasteiger partial charge in [-0.25, -0.2) is 0 Å². The summed E-state index contributed by atoms with van der Waals surface area (Å²) in [5, 5.41) is 4.05. The van der Waals surface area contributed by atoms with E-state index in [1.54, 1.807) is 0 Å². The Bertz CT molecular complexity index is 180. The summed E-state index contributed by atoms with van der Waals surface area (Å²) in [6.45, 7) is 13.3. The molecule has 0 aliphatic heterocycles. The molecule has 0 spiro atoms. The molecule has 0 aromatic carbocycles. The lowest BCUT2D eigenvalue weighted by molar-refractivity contribution is 0.659. The minimum atomic E-state index is 0.966. The molecule has 0 fully saturated rings. The second kappa shape index (κ2) is 11.2. The van der Waals surface area contributed by atoms with Crippen LogP contribution in [-0.2, 0) is 6.54 Å². The van der Waals surface area contributed by atoms with Crippen molar-refractivity contribution in [2.75, 3.05) is 0 Å². The largest absolute Gasteiger partial charge is 0.273 e. The Morgan fingerprint density at radius 3 is 1.85 bits per heavy atom. The monoisotopic (exact) mass is 184 g/mol. The summed E-state index contributed by atoms with van der Waals surface area (Å²) in [5.41, 5.74) is 1.23. The first kappa shape index (κ1) is 14.7. The third-order valence-corrected chi connectivity index (χ3v) is 1.09. The lowest BCUT2D eigenvalue weighted by Crippen LogP contribution is -1.91. The van der Waals surface area contributed by atoms with Gasteiger partial charge in [-0.3, -0.25) is 4.68 Å². The van der Waals surface area contributed by atoms with E-state index in [9.17, 15) is 0 Å². The van der Waals surface area contributed by atoms with Crippen LogP contribution in [0.5, 0.6) is 0 Å². The van der Waals surface area contributed by atoms with Crippen LogP contribution in [0.15, 0.2) is 12.4 Å². The normalized spacial score (nSPS) is 7.85. The number of hydrogen-bond acceptors (Lipinski definition) is 1. The standard InChI is InChI=1S/C6H10N2.C3H8.C2H6/c1-3-8-5-6(2)4-7-8;1-3-2;1-2/h4-5H,3H2,1-2H3;3H2,1-2H3;1-2H3. The lowest BCUT2D eigenvalue weighted by atomic mass is 10.4. The van der Waals surface area contributed by atoms with E-state index < -0.39 is 0 Å². The summed E-state index contributed by atoms with van der Waals surface area (Å²) >= 11 is 0. The van der Waals surface area contributed by atoms with Crippen LogP contribution < -0.4 is 0 Å². The van der Waals surface area contributed by atoms with Crippen LogP contribution in [-0.4, -0.2) is 9.78 Å². The van der Waals surface area contributed by atoms with Crippen molar-refractivity contribution in [2.24, 2.45) is 0 Å². The molecule has 13 heavy (non-hydrogen) atoms. The van der Waals surface area contributed by atoms with E-state index in [-0.39, 0.29) is 0 Å². The SMILES string of the molecule is CC.CCC.CCn1cc(C)cn1. The predicted octanol–water partition coefficient (Wildman–Crippen LogP) is 3.65. The first-order chi connectivity index (χ1) is 6.24. The minimum Gasteiger partial charge on any atom is -0.273 e. The van der Waals surface area contributed by atoms with Gasteiger partial charge in [0.1, 0.15) is 0 Å². The number of aromatic nitrogens is 2. The van der Waals surface area contributed by atoms with Crippen LogP contribution in [0.1, 0.15) is 46.6 Å². The van der Waals surface area contributed by atoms with Crippen molar-refractivity contribution in [3.05, 3.63) is 18.0 Å². The van der Waals surface area contributed by atoms with Gasteiger partial charge in [0.15, 0.2) is 0 Å². The van der Waals surface area contributed by atoms with Crippen molar-refractivity contribution in [3.8, 4) is 0 Å². The quantitative estimate of drug-likeness (QED) is 0.651. The van der Waals surface area contributed by atoms with Gasteiger partial charge in [0.05, 0.1) is 6.20 Å². The Morgan fingerprint density at radius 1 is 1.23 bits per heavy atom. The highest BCUT2D eigenvalue weighted by Crippen LogP contribution is 1.91. The molecule has 1 rings (SSSR count). The fourth-order valence-electron chi connectivity index (χ4n) is 0.640. The van der Waals surface area contributed by atoms with Crippen LogP contribution in [0.25, 0.3) is 0 Å². The molecule has 1 aromatic rings. The highest BCUT2D eigenvalue weighted by Gasteiger charge is 1.86. The molecule has 0 unspecified atom stereocenters. The van der Waals surface area contributed by atoms with Crippen molar-refractivity contribution in [1.29, 1.82) is 0 Å². The maximum Gasteiger partial charge on any atom is 0.0518 e. The van der Waals surface area contributed by atoms with Crippen LogP contribution in [0.2, 0.25) is 0 Å². The van der Waals surface area contributed by atoms with E-state index in [1.807, 2.05) is 37.8 Å². The van der Waals surface area contributed by atoms with E-state index in [2.05, 4.69) is 25.9 Å². The van der Waals surface area contributed by atoms with Crippen molar-refractivity contribution < 1.29 is 0 Å². The third-order valence-electron chi connectivity index (χ3n) is 1.09. The molecule has 78 valence electrons. The fourth-order valence-corrected chi connectivity index (χ4v) is 0.640. The van der Waals surface area contributed by atoms with Gasteiger partial charge in [0, 0.05) is 12.7 Å². The molecular formula is C11H24N2. The van der Waals surface area contributed by atoms with Gasteiger partial charge >= 0.3 is 0 Å². The fraction of sp³-hybridized carbons (Fsp3) is 0.727. The molecular weight excluding hydrogens is 160 g/mol. The van der Waals surface area contributed by atoms with Gasteiger partial charge in [-0.1, -0.05) is 34.1 Å². The Balaban J connectivity index is 0. The molecule has 1 heterocycles. The maximum atomic E-state index is 4.05. The molecule has 0 aliphatic carbocycles. The van der Waals surface area contributed by atoms with Gasteiger partial charge in [0.2, 0.25) is 0 Å². The zero-order valence-electron chi connectivity index (χ0n) is 9.96. The Morgan fingerprint density at radius 2 is 1.69 bits per heavy atom. The van der Waals surface area contributed by atoms with Crippen molar-refractivity contribution in [3.63, 3.8) is 0 Å². The van der Waals surface area contributed by atoms with Crippen LogP contribution >= 0.6 is 0 Å². The molecule has 0 saturated carbocycles. The average molecular weight is 184 g/mol. The number of aryl methyl sites for hydroxylation is 2. The molecule has 1 aromatic heterocycles. The second-order valence-electron chi connectivity index (χ2n) is 2.58. The second-order valence-corrected chi connectivity index (χ2v) is 2.58. The topological polar surface area (TPSA) is 17.8 Å². The van der Waals surface area contributed by atoms with Crippen molar-refractivity contribution >= 4 is 0 Å². The molecule has 0 bridgehead atoms. The summed E-state index contributed by atoms with van der Waals surface area (Å²) in [6.07, 6.45) is 5.14. The Hall–Kier alpha value is -0.790. The van der Waals surface area contributed by atoms with Gasteiger partial charge in [-0.05, 0) is 19.4 Å². The summed E-state index contributed by atoms with van der Waals surface area (Å²) in [5.74, 6) is 0. The Labute approximate surface area is 83.0 Å². The molecule has 0 atom stereocenters. The summed E-state index contributed by atoms with van der Waals surface area (Å²) < 4.78 is 1.91. The van der Waals surface area contributed by atoms with E-state index in [1.165, 1.54) is 12.0 Å². The van der Waals surface area contributed by atoms with E-state index in [0.717, 1.165) is 6.54 Å². The summed E-state index contributed by atoms with van der Waals surface area (Å²) in [6, 6.07) is 0. The molecule has 0 radical (unpaired) electrons. The third kappa shape index (κ3) is 9.12. The number of nitrogens with zero attached hydrogens (tertiary/aromatic N) is 2. The molecule has 0 amide bonds. The van der Waals surface area contributed by atoms with Gasteiger partial charge in [0.25, 0.3) is 0 Å². The smallest absolute Gasteiger partial charge is 0.0518 e. The highest BCUT2D eigenvalue weighted by molar-refractivity contribution is 4.98. The van der Waals surface area contributed by atoms with Gasteiger partial charge < -0.3 is 0 Å². The van der Waals surface area contributed by atoms with E-state index >= 15 is 0 Å². The van der Waals surface area contributed by atoms with E-state index in [0.29, 0.717) is 0 Å². The predicted molar refractivity (Wildman–Crippen MR) is 60.0 cm³/mol. The minimum absolute atomic E-state index is 0.966. The van der Waals surface area contributed by atoms with Crippen molar-refractivity contribution in [2.45, 2.75) is 54.5 Å². The van der Waals surface area contributed by atoms with Crippen LogP contribution in [0.3, 0.4) is 0 Å². The lowest BCUT2D eigenvalue weighted by Gasteiger charge is -1.88. The van der Waals surface area contributed by atoms with Crippen molar-refractivity contribution in [1.82, 2.24) is 9.78 Å². The van der Waals surface area contributed by atoms with Crippen LogP contribution in [0.4, 0.5) is 0 Å². The highest BCUT2D eigenvalue weighted by atomic mass is 15.3. The summed E-state index contributed by atoms with van der Waals surface area (Å²) in [4.78, 5) is 0. The molecule has 0 saturated heterocycles. The zero-order valence-corrected chi connectivity index (χ0v) is 9.96. The Kier molecular flexibility index (Phi) is 12.7. The molecule has 0 aliphatic rings. The van der Waals surface area contributed by atoms with Gasteiger partial charge in [-0.15, -0.1) is 0 Å². The van der Waals surface area contributed by atoms with E-state index in [4.69, 9.17) is 0 Å². The molecule has 0 N–H and O–H groups in total. The average Bonchev–Trinajstić information content (AvgIpc) is 2.56. The number of rotatable bonds is 1.